The van der Waals surface area contributed by atoms with E-state index in [1.165, 1.54) is 0 Å². The molecule has 0 saturated carbocycles. The van der Waals surface area contributed by atoms with Crippen molar-refractivity contribution in [2.24, 2.45) is 0 Å². The first-order chi connectivity index (χ1) is 7.85. The molecule has 17 heavy (non-hydrogen) atoms. The summed E-state index contributed by atoms with van der Waals surface area (Å²) in [6.45, 7) is 5.53. The number of ether oxygens (including phenoxy) is 1. The fourth-order valence-corrected chi connectivity index (χ4v) is 1.69. The Hall–Kier alpha value is -0.580. The molecule has 2 atom stereocenters. The van der Waals surface area contributed by atoms with Gasteiger partial charge in [0.05, 0.1) is 11.7 Å². The van der Waals surface area contributed by atoms with Crippen LogP contribution in [0, 0.1) is 0 Å². The van der Waals surface area contributed by atoms with Crippen LogP contribution in [0.15, 0.2) is 22.7 Å². The van der Waals surface area contributed by atoms with Gasteiger partial charge in [0.2, 0.25) is 0 Å². The minimum Gasteiger partial charge on any atom is -0.490 e. The van der Waals surface area contributed by atoms with Gasteiger partial charge in [0.1, 0.15) is 12.4 Å². The van der Waals surface area contributed by atoms with E-state index in [1.807, 2.05) is 19.1 Å². The Morgan fingerprint density at radius 2 is 2.12 bits per heavy atom. The van der Waals surface area contributed by atoms with Crippen LogP contribution in [0.3, 0.4) is 0 Å². The average Bonchev–Trinajstić information content (AvgIpc) is 2.27. The maximum Gasteiger partial charge on any atom is 0.125 e. The Bertz CT molecular complexity index is 375. The van der Waals surface area contributed by atoms with E-state index >= 15 is 0 Å². The van der Waals surface area contributed by atoms with E-state index in [0.29, 0.717) is 17.7 Å². The van der Waals surface area contributed by atoms with Gasteiger partial charge in [-0.05, 0) is 38.5 Å². The molecular weight excluding hydrogens is 284 g/mol. The highest BCUT2D eigenvalue weighted by Gasteiger charge is 2.19. The zero-order valence-corrected chi connectivity index (χ0v) is 12.0. The van der Waals surface area contributed by atoms with Crippen molar-refractivity contribution in [1.29, 1.82) is 0 Å². The number of aliphatic hydroxyl groups is 2. The van der Waals surface area contributed by atoms with Crippen LogP contribution in [0.1, 0.15) is 38.9 Å². The van der Waals surface area contributed by atoms with Crippen LogP contribution < -0.4 is 4.74 Å². The van der Waals surface area contributed by atoms with E-state index in [-0.39, 0.29) is 6.61 Å². The molecule has 4 heteroatoms. The summed E-state index contributed by atoms with van der Waals surface area (Å²) in [6, 6.07) is 5.46. The fourth-order valence-electron chi connectivity index (χ4n) is 1.31. The lowest BCUT2D eigenvalue weighted by molar-refractivity contribution is 0.00746. The molecule has 1 aromatic rings. The third-order valence-corrected chi connectivity index (χ3v) is 3.22. The maximum absolute atomic E-state index is 9.87. The molecule has 1 aromatic carbocycles. The van der Waals surface area contributed by atoms with Gasteiger partial charge in [0.15, 0.2) is 0 Å². The van der Waals surface area contributed by atoms with Crippen LogP contribution in [-0.4, -0.2) is 22.4 Å². The molecule has 0 aromatic heterocycles. The third-order valence-electron chi connectivity index (χ3n) is 2.72. The van der Waals surface area contributed by atoms with Crippen LogP contribution in [0.5, 0.6) is 5.75 Å². The number of hydrogen-bond acceptors (Lipinski definition) is 3. The van der Waals surface area contributed by atoms with Gasteiger partial charge < -0.3 is 14.9 Å². The van der Waals surface area contributed by atoms with Gasteiger partial charge in [-0.2, -0.15) is 0 Å². The molecule has 3 nitrogen and oxygen atoms in total. The molecule has 2 N–H and O–H groups in total. The summed E-state index contributed by atoms with van der Waals surface area (Å²) in [5, 5.41) is 19.5. The molecular formula is C13H19BrO3. The summed E-state index contributed by atoms with van der Waals surface area (Å²) in [6.07, 6.45) is 0.0159. The Kier molecular flexibility index (Phi) is 4.98. The molecule has 0 saturated heterocycles. The van der Waals surface area contributed by atoms with E-state index in [0.717, 1.165) is 4.47 Å². The largest absolute Gasteiger partial charge is 0.490 e. The lowest BCUT2D eigenvalue weighted by atomic mass is 10.1. The van der Waals surface area contributed by atoms with Gasteiger partial charge in [-0.1, -0.05) is 22.9 Å². The maximum atomic E-state index is 9.87. The molecule has 0 spiro atoms. The van der Waals surface area contributed by atoms with Crippen molar-refractivity contribution in [1.82, 2.24) is 0 Å². The van der Waals surface area contributed by atoms with Crippen molar-refractivity contribution in [2.75, 3.05) is 6.61 Å². The second kappa shape index (κ2) is 5.85. The lowest BCUT2D eigenvalue weighted by Crippen LogP contribution is -2.31. The van der Waals surface area contributed by atoms with Crippen molar-refractivity contribution in [3.63, 3.8) is 0 Å². The number of rotatable bonds is 5. The molecule has 0 aliphatic carbocycles. The SMILES string of the molecule is CCC(C)(O)COc1ccc(Br)cc1[C@H](C)O. The highest BCUT2D eigenvalue weighted by atomic mass is 79.9. The van der Waals surface area contributed by atoms with Crippen LogP contribution in [0.2, 0.25) is 0 Å². The van der Waals surface area contributed by atoms with E-state index in [2.05, 4.69) is 15.9 Å². The van der Waals surface area contributed by atoms with Gasteiger partial charge in [-0.25, -0.2) is 0 Å². The predicted molar refractivity (Wildman–Crippen MR) is 71.2 cm³/mol. The van der Waals surface area contributed by atoms with Crippen LogP contribution in [-0.2, 0) is 0 Å². The van der Waals surface area contributed by atoms with Crippen molar-refractivity contribution < 1.29 is 14.9 Å². The number of hydrogen-bond donors (Lipinski definition) is 2. The van der Waals surface area contributed by atoms with Gasteiger partial charge >= 0.3 is 0 Å². The molecule has 0 amide bonds. The third kappa shape index (κ3) is 4.30. The topological polar surface area (TPSA) is 49.7 Å². The van der Waals surface area contributed by atoms with Crippen molar-refractivity contribution in [3.8, 4) is 5.75 Å². The van der Waals surface area contributed by atoms with Crippen molar-refractivity contribution in [2.45, 2.75) is 38.9 Å². The van der Waals surface area contributed by atoms with Crippen molar-refractivity contribution in [3.05, 3.63) is 28.2 Å². The lowest BCUT2D eigenvalue weighted by Gasteiger charge is -2.23. The monoisotopic (exact) mass is 302 g/mol. The first-order valence-corrected chi connectivity index (χ1v) is 6.47. The summed E-state index contributed by atoms with van der Waals surface area (Å²) < 4.78 is 6.47. The van der Waals surface area contributed by atoms with Crippen LogP contribution >= 0.6 is 15.9 Å². The number of benzene rings is 1. The highest BCUT2D eigenvalue weighted by Crippen LogP contribution is 2.29. The fraction of sp³-hybridized carbons (Fsp3) is 0.538. The summed E-state index contributed by atoms with van der Waals surface area (Å²) in [5.74, 6) is 0.608. The van der Waals surface area contributed by atoms with Crippen LogP contribution in [0.4, 0.5) is 0 Å². The Morgan fingerprint density at radius 1 is 1.47 bits per heavy atom. The second-order valence-corrected chi connectivity index (χ2v) is 5.41. The predicted octanol–water partition coefficient (Wildman–Crippen LogP) is 3.04. The van der Waals surface area contributed by atoms with Gasteiger partial charge in [-0.15, -0.1) is 0 Å². The summed E-state index contributed by atoms with van der Waals surface area (Å²) in [4.78, 5) is 0. The Morgan fingerprint density at radius 3 is 2.65 bits per heavy atom. The molecule has 0 aliphatic rings. The van der Waals surface area contributed by atoms with Crippen LogP contribution in [0.25, 0.3) is 0 Å². The summed E-state index contributed by atoms with van der Waals surface area (Å²) in [5.41, 5.74) is -0.130. The standard InChI is InChI=1S/C13H19BrO3/c1-4-13(3,16)8-17-12-6-5-10(14)7-11(12)9(2)15/h5-7,9,15-16H,4,8H2,1-3H3/t9-,13?/m0/s1. The minimum atomic E-state index is -0.844. The number of halogens is 1. The minimum absolute atomic E-state index is 0.213. The van der Waals surface area contributed by atoms with Gasteiger partial charge in [0, 0.05) is 10.0 Å². The Labute approximate surface area is 111 Å². The first-order valence-electron chi connectivity index (χ1n) is 5.68. The molecule has 0 aliphatic heterocycles. The van der Waals surface area contributed by atoms with E-state index in [9.17, 15) is 10.2 Å². The van der Waals surface area contributed by atoms with E-state index in [1.54, 1.807) is 19.9 Å². The molecule has 96 valence electrons. The zero-order valence-electron chi connectivity index (χ0n) is 10.4. The molecule has 1 rings (SSSR count). The Balaban J connectivity index is 2.84. The zero-order chi connectivity index (χ0) is 13.1. The molecule has 1 unspecified atom stereocenters. The first kappa shape index (κ1) is 14.5. The normalized spacial score (nSPS) is 16.4. The molecule has 0 heterocycles. The van der Waals surface area contributed by atoms with Crippen molar-refractivity contribution >= 4 is 15.9 Å². The summed E-state index contributed by atoms with van der Waals surface area (Å²) >= 11 is 3.35. The molecule has 0 radical (unpaired) electrons. The average molecular weight is 303 g/mol. The molecule has 0 fully saturated rings. The van der Waals surface area contributed by atoms with Gasteiger partial charge in [0.25, 0.3) is 0 Å². The second-order valence-electron chi connectivity index (χ2n) is 4.50. The smallest absolute Gasteiger partial charge is 0.125 e. The number of aliphatic hydroxyl groups excluding tert-OH is 1. The van der Waals surface area contributed by atoms with Gasteiger partial charge in [-0.3, -0.25) is 0 Å². The summed E-state index contributed by atoms with van der Waals surface area (Å²) in [7, 11) is 0. The van der Waals surface area contributed by atoms with E-state index in [4.69, 9.17) is 4.74 Å². The van der Waals surface area contributed by atoms with E-state index < -0.39 is 11.7 Å². The quantitative estimate of drug-likeness (QED) is 0.879. The highest BCUT2D eigenvalue weighted by molar-refractivity contribution is 9.10. The molecule has 0 bridgehead atoms.